The molecule has 0 aliphatic heterocycles. The van der Waals surface area contributed by atoms with Gasteiger partial charge in [0.25, 0.3) is 0 Å². The Morgan fingerprint density at radius 2 is 1.75 bits per heavy atom. The maximum Gasteiger partial charge on any atom is 0.321 e. The predicted octanol–water partition coefficient (Wildman–Crippen LogP) is 4.85. The molecule has 1 N–H and O–H groups in total. The number of nitrogens with one attached hydrogen (secondary N) is 1. The van der Waals surface area contributed by atoms with Gasteiger partial charge in [-0.3, -0.25) is 0 Å². The molecular weight excluding hydrogens is 322 g/mol. The molecule has 0 bridgehead atoms. The molecule has 0 radical (unpaired) electrons. The van der Waals surface area contributed by atoms with Gasteiger partial charge in [0.05, 0.1) is 0 Å². The number of amides is 2. The number of hydrogen-bond donors (Lipinski definition) is 1. The molecule has 0 spiro atoms. The fourth-order valence-electron chi connectivity index (χ4n) is 2.53. The molecule has 2 amide bonds. The molecule has 0 aliphatic rings. The Morgan fingerprint density at radius 1 is 1.08 bits per heavy atom. The van der Waals surface area contributed by atoms with Gasteiger partial charge in [0.1, 0.15) is 0 Å². The fourth-order valence-corrected chi connectivity index (χ4v) is 2.72. The number of carbonyl (C=O) groups excluding carboxylic acids is 1. The van der Waals surface area contributed by atoms with E-state index in [4.69, 9.17) is 11.6 Å². The molecule has 2 aromatic rings. The largest absolute Gasteiger partial charge is 0.372 e. The lowest BCUT2D eigenvalue weighted by molar-refractivity contribution is 0.220. The third kappa shape index (κ3) is 4.90. The minimum Gasteiger partial charge on any atom is -0.372 e. The van der Waals surface area contributed by atoms with E-state index < -0.39 is 0 Å². The number of rotatable bonds is 6. The van der Waals surface area contributed by atoms with Crippen LogP contribution in [0.1, 0.15) is 19.4 Å². The molecule has 0 heterocycles. The zero-order valence-electron chi connectivity index (χ0n) is 14.4. The van der Waals surface area contributed by atoms with Crippen molar-refractivity contribution in [2.75, 3.05) is 30.4 Å². The highest BCUT2D eigenvalue weighted by molar-refractivity contribution is 6.30. The number of benzene rings is 2. The Morgan fingerprint density at radius 3 is 2.33 bits per heavy atom. The van der Waals surface area contributed by atoms with Gasteiger partial charge in [0.15, 0.2) is 0 Å². The van der Waals surface area contributed by atoms with Crippen LogP contribution >= 0.6 is 11.6 Å². The quantitative estimate of drug-likeness (QED) is 0.812. The Balaban J connectivity index is 1.96. The van der Waals surface area contributed by atoms with Crippen LogP contribution in [0.3, 0.4) is 0 Å². The molecule has 2 aromatic carbocycles. The van der Waals surface area contributed by atoms with Gasteiger partial charge in [-0.1, -0.05) is 29.8 Å². The van der Waals surface area contributed by atoms with Crippen molar-refractivity contribution in [3.05, 3.63) is 59.1 Å². The highest BCUT2D eigenvalue weighted by Crippen LogP contribution is 2.17. The number of urea groups is 1. The van der Waals surface area contributed by atoms with Crippen molar-refractivity contribution in [3.8, 4) is 0 Å². The minimum atomic E-state index is -0.162. The molecule has 0 atom stereocenters. The van der Waals surface area contributed by atoms with Gasteiger partial charge in [0, 0.05) is 43.1 Å². The number of carbonyl (C=O) groups is 1. The molecule has 2 rings (SSSR count). The van der Waals surface area contributed by atoms with Crippen molar-refractivity contribution in [1.29, 1.82) is 0 Å². The molecule has 24 heavy (non-hydrogen) atoms. The summed E-state index contributed by atoms with van der Waals surface area (Å²) in [6.45, 7) is 6.80. The summed E-state index contributed by atoms with van der Waals surface area (Å²) in [5.41, 5.74) is 2.99. The number of hydrogen-bond acceptors (Lipinski definition) is 2. The summed E-state index contributed by atoms with van der Waals surface area (Å²) in [5.74, 6) is 0. The molecule has 4 nitrogen and oxygen atoms in total. The van der Waals surface area contributed by atoms with E-state index in [0.717, 1.165) is 18.7 Å². The van der Waals surface area contributed by atoms with Crippen LogP contribution in [0.25, 0.3) is 0 Å². The van der Waals surface area contributed by atoms with Crippen LogP contribution in [0.4, 0.5) is 16.2 Å². The van der Waals surface area contributed by atoms with E-state index in [1.807, 2.05) is 12.1 Å². The SMILES string of the molecule is CCN(CC)c1ccc(CN(C)C(=O)Nc2cccc(Cl)c2)cc1. The summed E-state index contributed by atoms with van der Waals surface area (Å²) in [6.07, 6.45) is 0. The first-order chi connectivity index (χ1) is 11.5. The lowest BCUT2D eigenvalue weighted by Crippen LogP contribution is -2.30. The summed E-state index contributed by atoms with van der Waals surface area (Å²) in [5, 5.41) is 3.44. The van der Waals surface area contributed by atoms with Gasteiger partial charge in [-0.15, -0.1) is 0 Å². The van der Waals surface area contributed by atoms with E-state index in [1.54, 1.807) is 24.1 Å². The first-order valence-electron chi connectivity index (χ1n) is 8.15. The van der Waals surface area contributed by atoms with Gasteiger partial charge in [-0.05, 0) is 49.7 Å². The highest BCUT2D eigenvalue weighted by atomic mass is 35.5. The first kappa shape index (κ1) is 18.1. The Kier molecular flexibility index (Phi) is 6.50. The van der Waals surface area contributed by atoms with E-state index in [0.29, 0.717) is 17.3 Å². The number of halogens is 1. The number of nitrogens with zero attached hydrogens (tertiary/aromatic N) is 2. The third-order valence-corrected chi connectivity index (χ3v) is 4.14. The van der Waals surface area contributed by atoms with Crippen LogP contribution in [-0.4, -0.2) is 31.1 Å². The predicted molar refractivity (Wildman–Crippen MR) is 102 cm³/mol. The maximum atomic E-state index is 12.3. The van der Waals surface area contributed by atoms with Crippen molar-refractivity contribution < 1.29 is 4.79 Å². The normalized spacial score (nSPS) is 10.3. The van der Waals surface area contributed by atoms with E-state index in [2.05, 4.69) is 48.3 Å². The fraction of sp³-hybridized carbons (Fsp3) is 0.316. The summed E-state index contributed by atoms with van der Waals surface area (Å²) in [6, 6.07) is 15.3. The summed E-state index contributed by atoms with van der Waals surface area (Å²) in [4.78, 5) is 16.2. The van der Waals surface area contributed by atoms with Crippen molar-refractivity contribution >= 4 is 29.0 Å². The van der Waals surface area contributed by atoms with Gasteiger partial charge in [-0.2, -0.15) is 0 Å². The van der Waals surface area contributed by atoms with Crippen LogP contribution < -0.4 is 10.2 Å². The summed E-state index contributed by atoms with van der Waals surface area (Å²) < 4.78 is 0. The van der Waals surface area contributed by atoms with E-state index in [1.165, 1.54) is 5.69 Å². The second kappa shape index (κ2) is 8.60. The molecule has 0 saturated carbocycles. The number of anilines is 2. The van der Waals surface area contributed by atoms with Gasteiger partial charge < -0.3 is 15.1 Å². The molecule has 0 fully saturated rings. The Hall–Kier alpha value is -2.20. The van der Waals surface area contributed by atoms with E-state index >= 15 is 0 Å². The standard InChI is InChI=1S/C19H24ClN3O/c1-4-23(5-2)18-11-9-15(10-12-18)14-22(3)19(24)21-17-8-6-7-16(20)13-17/h6-13H,4-5,14H2,1-3H3,(H,21,24). The second-order valence-corrected chi connectivity index (χ2v) is 6.07. The van der Waals surface area contributed by atoms with Crippen molar-refractivity contribution in [2.24, 2.45) is 0 Å². The van der Waals surface area contributed by atoms with Crippen LogP contribution in [0.15, 0.2) is 48.5 Å². The topological polar surface area (TPSA) is 35.6 Å². The molecule has 0 aliphatic carbocycles. The second-order valence-electron chi connectivity index (χ2n) is 5.64. The van der Waals surface area contributed by atoms with Crippen LogP contribution in [0.2, 0.25) is 5.02 Å². The zero-order valence-corrected chi connectivity index (χ0v) is 15.2. The third-order valence-electron chi connectivity index (χ3n) is 3.91. The van der Waals surface area contributed by atoms with Crippen LogP contribution in [-0.2, 0) is 6.54 Å². The molecular formula is C19H24ClN3O. The first-order valence-corrected chi connectivity index (χ1v) is 8.52. The Bertz CT molecular complexity index is 669. The van der Waals surface area contributed by atoms with Crippen LogP contribution in [0, 0.1) is 0 Å². The lowest BCUT2D eigenvalue weighted by Gasteiger charge is -2.22. The average Bonchev–Trinajstić information content (AvgIpc) is 2.57. The highest BCUT2D eigenvalue weighted by Gasteiger charge is 2.10. The minimum absolute atomic E-state index is 0.162. The van der Waals surface area contributed by atoms with Gasteiger partial charge in [0.2, 0.25) is 0 Å². The van der Waals surface area contributed by atoms with E-state index in [-0.39, 0.29) is 6.03 Å². The average molecular weight is 346 g/mol. The maximum absolute atomic E-state index is 12.3. The molecule has 0 aromatic heterocycles. The molecule has 0 saturated heterocycles. The van der Waals surface area contributed by atoms with Crippen molar-refractivity contribution in [2.45, 2.75) is 20.4 Å². The monoisotopic (exact) mass is 345 g/mol. The summed E-state index contributed by atoms with van der Waals surface area (Å²) >= 11 is 5.93. The molecule has 128 valence electrons. The van der Waals surface area contributed by atoms with Crippen LogP contribution in [0.5, 0.6) is 0 Å². The van der Waals surface area contributed by atoms with Crippen molar-refractivity contribution in [1.82, 2.24) is 4.90 Å². The van der Waals surface area contributed by atoms with Gasteiger partial charge >= 0.3 is 6.03 Å². The molecule has 0 unspecified atom stereocenters. The van der Waals surface area contributed by atoms with Crippen molar-refractivity contribution in [3.63, 3.8) is 0 Å². The Labute approximate surface area is 149 Å². The zero-order chi connectivity index (χ0) is 17.5. The van der Waals surface area contributed by atoms with Gasteiger partial charge in [-0.25, -0.2) is 4.79 Å². The molecule has 5 heteroatoms. The lowest BCUT2D eigenvalue weighted by atomic mass is 10.2. The summed E-state index contributed by atoms with van der Waals surface area (Å²) in [7, 11) is 1.78. The van der Waals surface area contributed by atoms with E-state index in [9.17, 15) is 4.79 Å². The smallest absolute Gasteiger partial charge is 0.321 e.